The predicted molar refractivity (Wildman–Crippen MR) is 115 cm³/mol. The molecule has 1 N–H and O–H groups in total. The summed E-state index contributed by atoms with van der Waals surface area (Å²) in [6, 6.07) is 18.6. The zero-order valence-electron chi connectivity index (χ0n) is 15.7. The number of hydrogen-bond acceptors (Lipinski definition) is 4. The number of non-ortho nitro benzene ring substituents is 1. The van der Waals surface area contributed by atoms with Crippen molar-refractivity contribution >= 4 is 27.3 Å². The minimum atomic E-state index is -0.406. The fraction of sp³-hybridized carbons (Fsp3) is 0.182. The number of aryl methyl sites for hydroxylation is 2. The van der Waals surface area contributed by atoms with Crippen LogP contribution in [0.2, 0.25) is 0 Å². The van der Waals surface area contributed by atoms with Crippen molar-refractivity contribution in [3.63, 3.8) is 0 Å². The Morgan fingerprint density at radius 2 is 1.79 bits per heavy atom. The number of ether oxygens (including phenoxy) is 1. The summed E-state index contributed by atoms with van der Waals surface area (Å²) in [4.78, 5) is 10.4. The van der Waals surface area contributed by atoms with Gasteiger partial charge in [-0.3, -0.25) is 10.1 Å². The minimum absolute atomic E-state index is 0.0748. The maximum absolute atomic E-state index is 10.8. The molecule has 0 radical (unpaired) electrons. The Labute approximate surface area is 172 Å². The Bertz CT molecular complexity index is 988. The number of hydrogen-bond donors (Lipinski definition) is 1. The first-order valence-corrected chi connectivity index (χ1v) is 9.67. The molecule has 0 aliphatic rings. The third kappa shape index (κ3) is 5.10. The largest absolute Gasteiger partial charge is 0.489 e. The second-order valence-corrected chi connectivity index (χ2v) is 7.55. The van der Waals surface area contributed by atoms with Gasteiger partial charge in [-0.2, -0.15) is 0 Å². The van der Waals surface area contributed by atoms with Gasteiger partial charge in [0.2, 0.25) is 0 Å². The monoisotopic (exact) mass is 440 g/mol. The number of nitrogens with one attached hydrogen (secondary N) is 1. The molecule has 28 heavy (non-hydrogen) atoms. The van der Waals surface area contributed by atoms with Gasteiger partial charge in [-0.15, -0.1) is 0 Å². The summed E-state index contributed by atoms with van der Waals surface area (Å²) in [6.07, 6.45) is 0. The molecule has 0 heterocycles. The van der Waals surface area contributed by atoms with Crippen molar-refractivity contribution in [2.75, 3.05) is 5.32 Å². The lowest BCUT2D eigenvalue weighted by molar-refractivity contribution is -0.384. The number of rotatable bonds is 7. The van der Waals surface area contributed by atoms with Crippen molar-refractivity contribution < 1.29 is 9.66 Å². The molecule has 0 aromatic heterocycles. The fourth-order valence-corrected chi connectivity index (χ4v) is 3.23. The minimum Gasteiger partial charge on any atom is -0.489 e. The summed E-state index contributed by atoms with van der Waals surface area (Å²) in [5, 5.41) is 14.2. The van der Waals surface area contributed by atoms with Gasteiger partial charge >= 0.3 is 0 Å². The van der Waals surface area contributed by atoms with Crippen LogP contribution in [0.15, 0.2) is 65.1 Å². The molecule has 6 heteroatoms. The molecule has 0 saturated heterocycles. The van der Waals surface area contributed by atoms with Gasteiger partial charge in [-0.25, -0.2) is 0 Å². The smallest absolute Gasteiger partial charge is 0.269 e. The van der Waals surface area contributed by atoms with E-state index >= 15 is 0 Å². The van der Waals surface area contributed by atoms with Crippen molar-refractivity contribution in [3.05, 3.63) is 97.5 Å². The molecule has 0 unspecified atom stereocenters. The Morgan fingerprint density at radius 3 is 2.50 bits per heavy atom. The number of nitro benzene ring substituents is 1. The average molecular weight is 441 g/mol. The van der Waals surface area contributed by atoms with Crippen molar-refractivity contribution in [1.29, 1.82) is 0 Å². The van der Waals surface area contributed by atoms with E-state index in [-0.39, 0.29) is 5.69 Å². The van der Waals surface area contributed by atoms with Gasteiger partial charge in [0.25, 0.3) is 5.69 Å². The topological polar surface area (TPSA) is 64.4 Å². The average Bonchev–Trinajstić information content (AvgIpc) is 2.68. The van der Waals surface area contributed by atoms with Crippen LogP contribution in [0, 0.1) is 24.0 Å². The second-order valence-electron chi connectivity index (χ2n) is 6.64. The number of nitro groups is 1. The van der Waals surface area contributed by atoms with Gasteiger partial charge in [0.15, 0.2) is 0 Å². The number of halogens is 1. The SMILES string of the molecule is Cc1ccc(C)c(NCc2cc(Br)ccc2OCc2ccc([N+](=O)[O-])cc2)c1. The van der Waals surface area contributed by atoms with E-state index < -0.39 is 4.92 Å². The molecule has 3 rings (SSSR count). The number of nitrogens with zero attached hydrogens (tertiary/aromatic N) is 1. The molecule has 0 atom stereocenters. The van der Waals surface area contributed by atoms with Crippen LogP contribution >= 0.6 is 15.9 Å². The van der Waals surface area contributed by atoms with E-state index in [1.165, 1.54) is 23.3 Å². The van der Waals surface area contributed by atoms with Gasteiger partial charge in [-0.1, -0.05) is 28.1 Å². The summed E-state index contributed by atoms with van der Waals surface area (Å²) < 4.78 is 6.97. The molecular formula is C22H21BrN2O3. The van der Waals surface area contributed by atoms with Crippen LogP contribution in [0.25, 0.3) is 0 Å². The van der Waals surface area contributed by atoms with Gasteiger partial charge in [0.1, 0.15) is 12.4 Å². The molecule has 0 aliphatic carbocycles. The quantitative estimate of drug-likeness (QED) is 0.352. The van der Waals surface area contributed by atoms with Crippen molar-refractivity contribution in [2.45, 2.75) is 27.0 Å². The van der Waals surface area contributed by atoms with Crippen LogP contribution in [0.5, 0.6) is 5.75 Å². The van der Waals surface area contributed by atoms with E-state index in [4.69, 9.17) is 4.74 Å². The normalized spacial score (nSPS) is 10.5. The molecule has 3 aromatic rings. The maximum atomic E-state index is 10.8. The zero-order chi connectivity index (χ0) is 20.1. The van der Waals surface area contributed by atoms with E-state index in [1.54, 1.807) is 12.1 Å². The molecule has 0 aliphatic heterocycles. The zero-order valence-corrected chi connectivity index (χ0v) is 17.3. The van der Waals surface area contributed by atoms with Crippen LogP contribution < -0.4 is 10.1 Å². The standard InChI is InChI=1S/C22H21BrN2O3/c1-15-3-4-16(2)21(11-15)24-13-18-12-19(23)7-10-22(18)28-14-17-5-8-20(9-6-17)25(26)27/h3-12,24H,13-14H2,1-2H3. The highest BCUT2D eigenvalue weighted by Gasteiger charge is 2.08. The van der Waals surface area contributed by atoms with Crippen LogP contribution in [-0.2, 0) is 13.2 Å². The molecule has 144 valence electrons. The molecular weight excluding hydrogens is 420 g/mol. The number of anilines is 1. The first-order chi connectivity index (χ1) is 13.4. The van der Waals surface area contributed by atoms with Crippen LogP contribution in [0.1, 0.15) is 22.3 Å². The van der Waals surface area contributed by atoms with Gasteiger partial charge < -0.3 is 10.1 Å². The summed E-state index contributed by atoms with van der Waals surface area (Å²) in [6.45, 7) is 5.12. The number of benzene rings is 3. The van der Waals surface area contributed by atoms with Gasteiger partial charge in [0.05, 0.1) is 4.92 Å². The van der Waals surface area contributed by atoms with Crippen LogP contribution in [0.3, 0.4) is 0 Å². The lowest BCUT2D eigenvalue weighted by Crippen LogP contribution is -2.05. The maximum Gasteiger partial charge on any atom is 0.269 e. The Morgan fingerprint density at radius 1 is 1.04 bits per heavy atom. The molecule has 0 saturated carbocycles. The molecule has 0 amide bonds. The summed E-state index contributed by atoms with van der Waals surface area (Å²) >= 11 is 3.52. The van der Waals surface area contributed by atoms with Crippen molar-refractivity contribution in [1.82, 2.24) is 0 Å². The van der Waals surface area contributed by atoms with E-state index in [0.29, 0.717) is 13.2 Å². The Hall–Kier alpha value is -2.86. The van der Waals surface area contributed by atoms with Crippen molar-refractivity contribution in [2.24, 2.45) is 0 Å². The molecule has 3 aromatic carbocycles. The molecule has 0 bridgehead atoms. The van der Waals surface area contributed by atoms with Gasteiger partial charge in [0, 0.05) is 34.4 Å². The first kappa shape index (κ1) is 19.9. The van der Waals surface area contributed by atoms with Crippen molar-refractivity contribution in [3.8, 4) is 5.75 Å². The molecule has 0 spiro atoms. The second kappa shape index (κ2) is 8.89. The van der Waals surface area contributed by atoms with E-state index in [2.05, 4.69) is 53.3 Å². The summed E-state index contributed by atoms with van der Waals surface area (Å²) in [7, 11) is 0. The van der Waals surface area contributed by atoms with Gasteiger partial charge in [-0.05, 0) is 66.9 Å². The fourth-order valence-electron chi connectivity index (χ4n) is 2.82. The van der Waals surface area contributed by atoms with E-state index in [9.17, 15) is 10.1 Å². The first-order valence-electron chi connectivity index (χ1n) is 8.88. The lowest BCUT2D eigenvalue weighted by atomic mass is 10.1. The predicted octanol–water partition coefficient (Wildman–Crippen LogP) is 6.17. The highest BCUT2D eigenvalue weighted by atomic mass is 79.9. The van der Waals surface area contributed by atoms with E-state index in [0.717, 1.165) is 27.0 Å². The summed E-state index contributed by atoms with van der Waals surface area (Å²) in [5.41, 5.74) is 5.47. The third-order valence-electron chi connectivity index (χ3n) is 4.43. The van der Waals surface area contributed by atoms with Crippen LogP contribution in [-0.4, -0.2) is 4.92 Å². The highest BCUT2D eigenvalue weighted by Crippen LogP contribution is 2.26. The van der Waals surface area contributed by atoms with E-state index in [1.807, 2.05) is 18.2 Å². The third-order valence-corrected chi connectivity index (χ3v) is 4.92. The highest BCUT2D eigenvalue weighted by molar-refractivity contribution is 9.10. The Balaban J connectivity index is 1.71. The summed E-state index contributed by atoms with van der Waals surface area (Å²) in [5.74, 6) is 0.777. The van der Waals surface area contributed by atoms with Crippen LogP contribution in [0.4, 0.5) is 11.4 Å². The molecule has 5 nitrogen and oxygen atoms in total. The Kier molecular flexibility index (Phi) is 6.31. The lowest BCUT2D eigenvalue weighted by Gasteiger charge is -2.15. The molecule has 0 fully saturated rings.